The van der Waals surface area contributed by atoms with Gasteiger partial charge in [-0.25, -0.2) is 4.98 Å². The summed E-state index contributed by atoms with van der Waals surface area (Å²) in [6, 6.07) is 5.77. The van der Waals surface area contributed by atoms with Crippen molar-refractivity contribution in [3.8, 4) is 5.75 Å². The molecular weight excluding hydrogens is 478 g/mol. The average Bonchev–Trinajstić information content (AvgIpc) is 3.46. The minimum absolute atomic E-state index is 0.0595. The van der Waals surface area contributed by atoms with E-state index >= 15 is 0 Å². The number of anilines is 1. The molecule has 1 unspecified atom stereocenters. The molecule has 0 radical (unpaired) electrons. The van der Waals surface area contributed by atoms with Crippen LogP contribution in [0.1, 0.15) is 35.5 Å². The molecule has 1 amide bonds. The Balaban J connectivity index is 0.000000302. The van der Waals surface area contributed by atoms with E-state index in [0.717, 1.165) is 44.0 Å². The second-order valence-corrected chi connectivity index (χ2v) is 9.63. The highest BCUT2D eigenvalue weighted by Gasteiger charge is 2.15. The SMILES string of the molecule is CC(C)Oc1cc(CN2CCNCC2)cc(C(=O)Nc2nccs2)c1.Cc1oncc1S(=O)[O-]. The zero-order chi connectivity index (χ0) is 24.5. The van der Waals surface area contributed by atoms with Crippen LogP contribution in [-0.4, -0.2) is 62.0 Å². The van der Waals surface area contributed by atoms with Crippen LogP contribution in [0.5, 0.6) is 5.75 Å². The molecule has 184 valence electrons. The number of carbonyl (C=O) groups is 1. The van der Waals surface area contributed by atoms with Gasteiger partial charge in [0.15, 0.2) is 5.13 Å². The lowest BCUT2D eigenvalue weighted by Gasteiger charge is -2.27. The van der Waals surface area contributed by atoms with Gasteiger partial charge in [-0.15, -0.1) is 11.3 Å². The van der Waals surface area contributed by atoms with Crippen molar-refractivity contribution in [3.05, 3.63) is 52.9 Å². The van der Waals surface area contributed by atoms with E-state index in [0.29, 0.717) is 16.5 Å². The molecule has 1 aromatic carbocycles. The third-order valence-corrected chi connectivity index (χ3v) is 6.20. The summed E-state index contributed by atoms with van der Waals surface area (Å²) in [6.07, 6.45) is 2.90. The van der Waals surface area contributed by atoms with E-state index in [2.05, 4.69) is 30.2 Å². The fourth-order valence-electron chi connectivity index (χ4n) is 3.25. The maximum absolute atomic E-state index is 12.6. The molecule has 2 aromatic heterocycles. The van der Waals surface area contributed by atoms with Gasteiger partial charge in [-0.1, -0.05) is 5.16 Å². The van der Waals surface area contributed by atoms with Crippen molar-refractivity contribution in [2.75, 3.05) is 31.5 Å². The highest BCUT2D eigenvalue weighted by atomic mass is 32.2. The monoisotopic (exact) mass is 506 g/mol. The van der Waals surface area contributed by atoms with E-state index in [1.807, 2.05) is 31.4 Å². The van der Waals surface area contributed by atoms with Crippen molar-refractivity contribution < 1.29 is 22.8 Å². The standard InChI is InChI=1S/C18H24N4O2S.C4H5NO3S/c1-13(2)24-16-10-14(12-22-6-3-19-4-7-22)9-15(11-16)17(23)21-18-20-5-8-25-18;1-3-4(9(6)7)2-5-8-3/h5,8-11,13,19H,3-4,6-7,12H2,1-2H3,(H,20,21,23);2H,1H3,(H,6,7)/p-1. The number of aromatic nitrogens is 2. The zero-order valence-corrected chi connectivity index (χ0v) is 20.9. The first kappa shape index (κ1) is 26.0. The van der Waals surface area contributed by atoms with Gasteiger partial charge in [0, 0.05) is 49.9 Å². The summed E-state index contributed by atoms with van der Waals surface area (Å²) < 4.78 is 30.7. The number of nitrogens with one attached hydrogen (secondary N) is 2. The number of hydrogen-bond donors (Lipinski definition) is 2. The molecule has 1 aliphatic heterocycles. The van der Waals surface area contributed by atoms with Gasteiger partial charge in [0.05, 0.1) is 17.2 Å². The quantitative estimate of drug-likeness (QED) is 0.464. The summed E-state index contributed by atoms with van der Waals surface area (Å²) >= 11 is -0.812. The normalized spacial score (nSPS) is 14.9. The number of rotatable bonds is 7. The molecule has 3 heterocycles. The summed E-state index contributed by atoms with van der Waals surface area (Å²) in [5.41, 5.74) is 1.68. The number of benzene rings is 1. The Morgan fingerprint density at radius 2 is 2.12 bits per heavy atom. The maximum atomic E-state index is 12.6. The summed E-state index contributed by atoms with van der Waals surface area (Å²) in [6.45, 7) is 10.3. The van der Waals surface area contributed by atoms with Crippen LogP contribution >= 0.6 is 11.3 Å². The molecule has 3 aromatic rings. The van der Waals surface area contributed by atoms with Crippen LogP contribution in [0.25, 0.3) is 0 Å². The Hall–Kier alpha value is -2.64. The lowest BCUT2D eigenvalue weighted by molar-refractivity contribution is 0.102. The minimum atomic E-state index is -2.22. The molecule has 0 spiro atoms. The highest BCUT2D eigenvalue weighted by molar-refractivity contribution is 7.79. The van der Waals surface area contributed by atoms with Gasteiger partial charge in [0.25, 0.3) is 5.91 Å². The first-order chi connectivity index (χ1) is 16.3. The van der Waals surface area contributed by atoms with E-state index in [-0.39, 0.29) is 16.9 Å². The third-order valence-electron chi connectivity index (χ3n) is 4.76. The van der Waals surface area contributed by atoms with Crippen molar-refractivity contribution in [2.45, 2.75) is 38.3 Å². The maximum Gasteiger partial charge on any atom is 0.257 e. The van der Waals surface area contributed by atoms with Crippen molar-refractivity contribution in [2.24, 2.45) is 0 Å². The van der Waals surface area contributed by atoms with E-state index in [4.69, 9.17) is 4.74 Å². The van der Waals surface area contributed by atoms with Gasteiger partial charge in [-0.05, 0) is 55.6 Å². The van der Waals surface area contributed by atoms with Crippen molar-refractivity contribution >= 4 is 33.5 Å². The number of carbonyl (C=O) groups excluding carboxylic acids is 1. The number of ether oxygens (including phenoxy) is 1. The van der Waals surface area contributed by atoms with Crippen LogP contribution in [0, 0.1) is 6.92 Å². The zero-order valence-electron chi connectivity index (χ0n) is 19.3. The summed E-state index contributed by atoms with van der Waals surface area (Å²) in [5, 5.41) is 11.9. The van der Waals surface area contributed by atoms with Crippen molar-refractivity contribution in [1.29, 1.82) is 0 Å². The van der Waals surface area contributed by atoms with E-state index in [1.165, 1.54) is 24.5 Å². The fourth-order valence-corrected chi connectivity index (χ4v) is 4.18. The van der Waals surface area contributed by atoms with Gasteiger partial charge in [-0.3, -0.25) is 19.2 Å². The first-order valence-corrected chi connectivity index (χ1v) is 12.7. The van der Waals surface area contributed by atoms with Gasteiger partial charge in [0.1, 0.15) is 11.5 Å². The molecule has 1 saturated heterocycles. The summed E-state index contributed by atoms with van der Waals surface area (Å²) in [7, 11) is 0. The molecule has 0 bridgehead atoms. The Morgan fingerprint density at radius 3 is 2.68 bits per heavy atom. The number of hydrogen-bond acceptors (Lipinski definition) is 10. The third kappa shape index (κ3) is 7.99. The van der Waals surface area contributed by atoms with Gasteiger partial charge < -0.3 is 19.1 Å². The molecule has 4 rings (SSSR count). The molecule has 34 heavy (non-hydrogen) atoms. The van der Waals surface area contributed by atoms with Gasteiger partial charge in [0.2, 0.25) is 0 Å². The number of thiazole rings is 1. The molecule has 2 N–H and O–H groups in total. The van der Waals surface area contributed by atoms with Crippen LogP contribution in [0.15, 0.2) is 45.4 Å². The Kier molecular flexibility index (Phi) is 9.72. The first-order valence-electron chi connectivity index (χ1n) is 10.8. The Morgan fingerprint density at radius 1 is 1.35 bits per heavy atom. The smallest absolute Gasteiger partial charge is 0.257 e. The van der Waals surface area contributed by atoms with E-state index in [9.17, 15) is 13.6 Å². The average molecular weight is 507 g/mol. The van der Waals surface area contributed by atoms with Gasteiger partial charge in [-0.2, -0.15) is 0 Å². The number of piperazine rings is 1. The van der Waals surface area contributed by atoms with Crippen molar-refractivity contribution in [1.82, 2.24) is 20.4 Å². The predicted molar refractivity (Wildman–Crippen MR) is 129 cm³/mol. The second kappa shape index (κ2) is 12.7. The number of amides is 1. The van der Waals surface area contributed by atoms with Crippen LogP contribution in [-0.2, 0) is 17.6 Å². The topological polar surface area (TPSA) is 133 Å². The summed E-state index contributed by atoms with van der Waals surface area (Å²) in [5.74, 6) is 0.890. The molecule has 1 aliphatic rings. The van der Waals surface area contributed by atoms with Crippen LogP contribution in [0.2, 0.25) is 0 Å². The molecule has 12 heteroatoms. The number of nitrogens with zero attached hydrogens (tertiary/aromatic N) is 3. The molecular formula is C22H28N5O5S2-. The number of aryl methyl sites for hydroxylation is 1. The van der Waals surface area contributed by atoms with E-state index < -0.39 is 11.1 Å². The van der Waals surface area contributed by atoms with Crippen LogP contribution in [0.3, 0.4) is 0 Å². The lowest BCUT2D eigenvalue weighted by Crippen LogP contribution is -2.42. The van der Waals surface area contributed by atoms with Gasteiger partial charge >= 0.3 is 0 Å². The second-order valence-electron chi connectivity index (χ2n) is 7.83. The van der Waals surface area contributed by atoms with Crippen LogP contribution < -0.4 is 15.4 Å². The molecule has 1 fully saturated rings. The highest BCUT2D eigenvalue weighted by Crippen LogP contribution is 2.22. The molecule has 10 nitrogen and oxygen atoms in total. The summed E-state index contributed by atoms with van der Waals surface area (Å²) in [4.78, 5) is 19.2. The predicted octanol–water partition coefficient (Wildman–Crippen LogP) is 2.81. The van der Waals surface area contributed by atoms with E-state index in [1.54, 1.807) is 12.3 Å². The molecule has 1 atom stereocenters. The largest absolute Gasteiger partial charge is 0.768 e. The Bertz CT molecular complexity index is 1080. The minimum Gasteiger partial charge on any atom is -0.768 e. The molecule has 0 saturated carbocycles. The fraction of sp³-hybridized carbons (Fsp3) is 0.409. The lowest BCUT2D eigenvalue weighted by atomic mass is 10.1. The molecule has 0 aliphatic carbocycles. The van der Waals surface area contributed by atoms with Crippen molar-refractivity contribution in [3.63, 3.8) is 0 Å². The Labute approximate surface area is 205 Å². The van der Waals surface area contributed by atoms with Crippen LogP contribution in [0.4, 0.5) is 5.13 Å².